The first-order valence-corrected chi connectivity index (χ1v) is 4.69. The molecule has 1 unspecified atom stereocenters. The van der Waals surface area contributed by atoms with Crippen molar-refractivity contribution in [2.24, 2.45) is 10.9 Å². The normalized spacial score (nSPS) is 16.0. The topological polar surface area (TPSA) is 73.9 Å². The maximum Gasteiger partial charge on any atom is 0.156 e. The van der Waals surface area contributed by atoms with E-state index in [0.29, 0.717) is 0 Å². The number of nitrogens with zero attached hydrogens (tertiary/aromatic N) is 2. The molecule has 14 heavy (non-hydrogen) atoms. The van der Waals surface area contributed by atoms with Crippen molar-refractivity contribution in [2.75, 3.05) is 20.6 Å². The van der Waals surface area contributed by atoms with E-state index in [1.807, 2.05) is 21.0 Å². The fourth-order valence-electron chi connectivity index (χ4n) is 0.752. The standard InChI is InChI=1S/C9H22N4O/c1-7(8(10)12-14)11-6-9(2,3)13(4)5/h7,11,14H,6H2,1-5H3,(H2,10,12). The minimum Gasteiger partial charge on any atom is -0.409 e. The molecule has 0 aromatic heterocycles. The number of hydrogen-bond donors (Lipinski definition) is 3. The molecule has 0 amide bonds. The number of amidine groups is 1. The minimum absolute atomic E-state index is 0.0456. The summed E-state index contributed by atoms with van der Waals surface area (Å²) in [5, 5.41) is 14.6. The van der Waals surface area contributed by atoms with Crippen molar-refractivity contribution in [3.05, 3.63) is 0 Å². The van der Waals surface area contributed by atoms with E-state index in [9.17, 15) is 0 Å². The third-order valence-electron chi connectivity index (χ3n) is 2.61. The molecule has 0 aliphatic rings. The van der Waals surface area contributed by atoms with Crippen LogP contribution in [0, 0.1) is 0 Å². The molecule has 1 atom stereocenters. The smallest absolute Gasteiger partial charge is 0.156 e. The first kappa shape index (κ1) is 13.2. The van der Waals surface area contributed by atoms with Crippen LogP contribution >= 0.6 is 0 Å². The molecule has 0 spiro atoms. The number of likely N-dealkylation sites (N-methyl/N-ethyl adjacent to an activating group) is 1. The Balaban J connectivity index is 4.06. The van der Waals surface area contributed by atoms with Gasteiger partial charge in [0.1, 0.15) is 0 Å². The van der Waals surface area contributed by atoms with E-state index in [1.54, 1.807) is 0 Å². The van der Waals surface area contributed by atoms with Crippen LogP contribution in [0.2, 0.25) is 0 Å². The molecule has 5 nitrogen and oxygen atoms in total. The molecule has 4 N–H and O–H groups in total. The SMILES string of the molecule is CC(NCC(C)(C)N(C)C)C(N)=NO. The van der Waals surface area contributed by atoms with Crippen LogP contribution in [0.25, 0.3) is 0 Å². The van der Waals surface area contributed by atoms with Crippen LogP contribution in [-0.4, -0.2) is 48.2 Å². The van der Waals surface area contributed by atoms with Gasteiger partial charge < -0.3 is 21.2 Å². The summed E-state index contributed by atoms with van der Waals surface area (Å²) >= 11 is 0. The second kappa shape index (κ2) is 5.17. The predicted octanol–water partition coefficient (Wildman–Crippen LogP) is 0.0511. The summed E-state index contributed by atoms with van der Waals surface area (Å²) < 4.78 is 0. The average Bonchev–Trinajstić information content (AvgIpc) is 2.12. The highest BCUT2D eigenvalue weighted by atomic mass is 16.4. The Morgan fingerprint density at radius 1 is 1.57 bits per heavy atom. The maximum absolute atomic E-state index is 8.46. The fraction of sp³-hybridized carbons (Fsp3) is 0.889. The zero-order valence-corrected chi connectivity index (χ0v) is 9.70. The monoisotopic (exact) mass is 202 g/mol. The van der Waals surface area contributed by atoms with Crippen LogP contribution < -0.4 is 11.1 Å². The molecule has 0 aliphatic heterocycles. The van der Waals surface area contributed by atoms with E-state index in [0.717, 1.165) is 6.54 Å². The van der Waals surface area contributed by atoms with Crippen molar-refractivity contribution in [1.82, 2.24) is 10.2 Å². The van der Waals surface area contributed by atoms with Gasteiger partial charge >= 0.3 is 0 Å². The van der Waals surface area contributed by atoms with Gasteiger partial charge in [0.15, 0.2) is 5.84 Å². The first-order chi connectivity index (χ1) is 6.31. The Morgan fingerprint density at radius 3 is 2.43 bits per heavy atom. The maximum atomic E-state index is 8.46. The van der Waals surface area contributed by atoms with Crippen LogP contribution in [-0.2, 0) is 0 Å². The first-order valence-electron chi connectivity index (χ1n) is 4.69. The Bertz CT molecular complexity index is 201. The van der Waals surface area contributed by atoms with Gasteiger partial charge in [-0.1, -0.05) is 5.16 Å². The van der Waals surface area contributed by atoms with Gasteiger partial charge in [0.05, 0.1) is 6.04 Å². The predicted molar refractivity (Wildman–Crippen MR) is 58.6 cm³/mol. The zero-order valence-electron chi connectivity index (χ0n) is 9.70. The summed E-state index contributed by atoms with van der Waals surface area (Å²) in [5.74, 6) is 0.208. The van der Waals surface area contributed by atoms with Crippen LogP contribution in [0.1, 0.15) is 20.8 Å². The molecule has 0 saturated carbocycles. The van der Waals surface area contributed by atoms with Gasteiger partial charge in [-0.25, -0.2) is 0 Å². The van der Waals surface area contributed by atoms with Gasteiger partial charge in [-0.3, -0.25) is 0 Å². The Morgan fingerprint density at radius 2 is 2.07 bits per heavy atom. The second-order valence-corrected chi connectivity index (χ2v) is 4.33. The molecule has 0 heterocycles. The third kappa shape index (κ3) is 3.93. The molecule has 0 aromatic carbocycles. The van der Waals surface area contributed by atoms with Gasteiger partial charge in [0, 0.05) is 12.1 Å². The lowest BCUT2D eigenvalue weighted by Gasteiger charge is -2.33. The van der Waals surface area contributed by atoms with Crippen molar-refractivity contribution in [3.8, 4) is 0 Å². The molecule has 0 saturated heterocycles. The van der Waals surface area contributed by atoms with E-state index in [1.165, 1.54) is 0 Å². The molecule has 5 heteroatoms. The number of oxime groups is 1. The van der Waals surface area contributed by atoms with Crippen molar-refractivity contribution >= 4 is 5.84 Å². The Labute approximate surface area is 86.0 Å². The largest absolute Gasteiger partial charge is 0.409 e. The van der Waals surface area contributed by atoms with E-state index in [4.69, 9.17) is 10.9 Å². The molecule has 0 rings (SSSR count). The summed E-state index contributed by atoms with van der Waals surface area (Å²) in [7, 11) is 4.05. The summed E-state index contributed by atoms with van der Waals surface area (Å²) in [6.07, 6.45) is 0. The molecule has 84 valence electrons. The third-order valence-corrected chi connectivity index (χ3v) is 2.61. The molecular formula is C9H22N4O. The second-order valence-electron chi connectivity index (χ2n) is 4.33. The van der Waals surface area contributed by atoms with Crippen LogP contribution in [0.3, 0.4) is 0 Å². The number of nitrogens with one attached hydrogen (secondary N) is 1. The fourth-order valence-corrected chi connectivity index (χ4v) is 0.752. The molecule has 0 radical (unpaired) electrons. The van der Waals surface area contributed by atoms with E-state index >= 15 is 0 Å². The molecule has 0 aromatic rings. The van der Waals surface area contributed by atoms with Crippen molar-refractivity contribution in [3.63, 3.8) is 0 Å². The van der Waals surface area contributed by atoms with Gasteiger partial charge in [0.2, 0.25) is 0 Å². The summed E-state index contributed by atoms with van der Waals surface area (Å²) in [6.45, 7) is 6.89. The van der Waals surface area contributed by atoms with E-state index in [2.05, 4.69) is 29.2 Å². The molecular weight excluding hydrogens is 180 g/mol. The quantitative estimate of drug-likeness (QED) is 0.255. The van der Waals surface area contributed by atoms with Crippen LogP contribution in [0.4, 0.5) is 0 Å². The number of hydrogen-bond acceptors (Lipinski definition) is 4. The van der Waals surface area contributed by atoms with E-state index < -0.39 is 0 Å². The van der Waals surface area contributed by atoms with Gasteiger partial charge in [-0.15, -0.1) is 0 Å². The minimum atomic E-state index is -0.112. The van der Waals surface area contributed by atoms with Crippen molar-refractivity contribution in [2.45, 2.75) is 32.4 Å². The van der Waals surface area contributed by atoms with Crippen molar-refractivity contribution in [1.29, 1.82) is 0 Å². The molecule has 0 bridgehead atoms. The molecule has 0 aliphatic carbocycles. The summed E-state index contributed by atoms with van der Waals surface area (Å²) in [5.41, 5.74) is 5.49. The summed E-state index contributed by atoms with van der Waals surface area (Å²) in [6, 6.07) is -0.112. The highest BCUT2D eigenvalue weighted by molar-refractivity contribution is 5.84. The highest BCUT2D eigenvalue weighted by Gasteiger charge is 2.21. The Kier molecular flexibility index (Phi) is 4.87. The highest BCUT2D eigenvalue weighted by Crippen LogP contribution is 2.07. The van der Waals surface area contributed by atoms with Crippen molar-refractivity contribution < 1.29 is 5.21 Å². The van der Waals surface area contributed by atoms with E-state index in [-0.39, 0.29) is 17.4 Å². The van der Waals surface area contributed by atoms with Gasteiger partial charge in [0.25, 0.3) is 0 Å². The number of nitrogens with two attached hydrogens (primary N) is 1. The van der Waals surface area contributed by atoms with Crippen LogP contribution in [0.5, 0.6) is 0 Å². The van der Waals surface area contributed by atoms with Crippen LogP contribution in [0.15, 0.2) is 5.16 Å². The Hall–Kier alpha value is -0.810. The zero-order chi connectivity index (χ0) is 11.4. The van der Waals surface area contributed by atoms with Gasteiger partial charge in [-0.2, -0.15) is 0 Å². The lowest BCUT2D eigenvalue weighted by molar-refractivity contribution is 0.188. The molecule has 0 fully saturated rings. The lowest BCUT2D eigenvalue weighted by Crippen LogP contribution is -2.51. The summed E-state index contributed by atoms with van der Waals surface area (Å²) in [4.78, 5) is 2.12. The van der Waals surface area contributed by atoms with Gasteiger partial charge in [-0.05, 0) is 34.9 Å². The number of rotatable bonds is 5. The lowest BCUT2D eigenvalue weighted by atomic mass is 10.0. The average molecular weight is 202 g/mol.